The molecule has 0 bridgehead atoms. The summed E-state index contributed by atoms with van der Waals surface area (Å²) in [5.74, 6) is 0.699. The van der Waals surface area contributed by atoms with Crippen molar-refractivity contribution in [3.8, 4) is 6.01 Å². The van der Waals surface area contributed by atoms with Gasteiger partial charge in [-0.1, -0.05) is 12.8 Å². The maximum absolute atomic E-state index is 10.6. The van der Waals surface area contributed by atoms with E-state index in [0.29, 0.717) is 11.6 Å². The highest BCUT2D eigenvalue weighted by Crippen LogP contribution is 2.24. The molecule has 6 nitrogen and oxygen atoms in total. The second-order valence-corrected chi connectivity index (χ2v) is 4.33. The van der Waals surface area contributed by atoms with E-state index in [-0.39, 0.29) is 6.01 Å². The molecule has 0 spiro atoms. The molecule has 2 N–H and O–H groups in total. The first-order valence-electron chi connectivity index (χ1n) is 6.04. The van der Waals surface area contributed by atoms with Crippen LogP contribution in [0, 0.1) is 5.92 Å². The van der Waals surface area contributed by atoms with Gasteiger partial charge in [0.1, 0.15) is 0 Å². The van der Waals surface area contributed by atoms with Gasteiger partial charge in [-0.2, -0.15) is 4.98 Å². The Morgan fingerprint density at radius 3 is 3.06 bits per heavy atom. The lowest BCUT2D eigenvalue weighted by Gasteiger charge is -2.03. The Hall–Kier alpha value is -1.98. The molecule has 0 atom stereocenters. The van der Waals surface area contributed by atoms with Crippen LogP contribution in [0.15, 0.2) is 17.3 Å². The van der Waals surface area contributed by atoms with Gasteiger partial charge in [0.25, 0.3) is 0 Å². The van der Waals surface area contributed by atoms with Crippen molar-refractivity contribution in [3.63, 3.8) is 0 Å². The van der Waals surface area contributed by atoms with Gasteiger partial charge in [-0.05, 0) is 24.8 Å². The Morgan fingerprint density at radius 2 is 2.33 bits per heavy atom. The number of nitrogens with zero attached hydrogens (tertiary/aromatic N) is 3. The number of nitrogens with two attached hydrogens (primary N) is 1. The van der Waals surface area contributed by atoms with Crippen molar-refractivity contribution in [2.24, 2.45) is 16.6 Å². The quantitative estimate of drug-likeness (QED) is 0.818. The van der Waals surface area contributed by atoms with Crippen LogP contribution in [-0.4, -0.2) is 28.8 Å². The molecule has 1 aromatic rings. The zero-order chi connectivity index (χ0) is 12.8. The first-order valence-corrected chi connectivity index (χ1v) is 6.04. The maximum atomic E-state index is 10.6. The fraction of sp³-hybridized carbons (Fsp3) is 0.500. The van der Waals surface area contributed by atoms with Crippen LogP contribution in [0.5, 0.6) is 6.01 Å². The summed E-state index contributed by atoms with van der Waals surface area (Å²) < 4.78 is 4.59. The van der Waals surface area contributed by atoms with Crippen LogP contribution in [0.3, 0.4) is 0 Å². The van der Waals surface area contributed by atoms with Gasteiger partial charge in [-0.3, -0.25) is 4.99 Å². The van der Waals surface area contributed by atoms with Crippen LogP contribution in [0.25, 0.3) is 0 Å². The van der Waals surface area contributed by atoms with E-state index in [1.807, 2.05) is 0 Å². The number of hydrogen-bond donors (Lipinski definition) is 1. The van der Waals surface area contributed by atoms with Gasteiger partial charge < -0.3 is 10.5 Å². The van der Waals surface area contributed by atoms with Crippen LogP contribution in [0.1, 0.15) is 31.4 Å². The number of primary amides is 1. The Kier molecular flexibility index (Phi) is 4.22. The van der Waals surface area contributed by atoms with Gasteiger partial charge in [-0.25, -0.2) is 9.78 Å². The average molecular weight is 248 g/mol. The van der Waals surface area contributed by atoms with E-state index < -0.39 is 6.09 Å². The molecule has 1 aromatic heterocycles. The monoisotopic (exact) mass is 248 g/mol. The molecule has 1 heterocycles. The first-order chi connectivity index (χ1) is 8.74. The van der Waals surface area contributed by atoms with E-state index >= 15 is 0 Å². The molecular weight excluding hydrogens is 232 g/mol. The highest BCUT2D eigenvalue weighted by atomic mass is 16.6. The molecule has 1 fully saturated rings. The zero-order valence-electron chi connectivity index (χ0n) is 10.1. The Balaban J connectivity index is 1.91. The number of rotatable bonds is 4. The lowest BCUT2D eigenvalue weighted by Crippen LogP contribution is -2.17. The predicted molar refractivity (Wildman–Crippen MR) is 66.7 cm³/mol. The van der Waals surface area contributed by atoms with Crippen molar-refractivity contribution in [1.29, 1.82) is 0 Å². The summed E-state index contributed by atoms with van der Waals surface area (Å²) in [6.07, 6.45) is 7.40. The molecule has 0 aliphatic heterocycles. The molecule has 6 heteroatoms. The summed E-state index contributed by atoms with van der Waals surface area (Å²) in [5, 5.41) is 0. The van der Waals surface area contributed by atoms with Crippen molar-refractivity contribution in [2.75, 3.05) is 6.54 Å². The molecule has 1 aliphatic carbocycles. The van der Waals surface area contributed by atoms with Crippen LogP contribution >= 0.6 is 0 Å². The van der Waals surface area contributed by atoms with Crippen molar-refractivity contribution < 1.29 is 9.53 Å². The van der Waals surface area contributed by atoms with E-state index in [1.54, 1.807) is 12.3 Å². The summed E-state index contributed by atoms with van der Waals surface area (Å²) in [5.41, 5.74) is 5.49. The third-order valence-electron chi connectivity index (χ3n) is 2.91. The summed E-state index contributed by atoms with van der Waals surface area (Å²) in [6, 6.07) is 1.65. The van der Waals surface area contributed by atoms with E-state index in [4.69, 9.17) is 5.73 Å². The van der Waals surface area contributed by atoms with Crippen LogP contribution in [0.2, 0.25) is 0 Å². The summed E-state index contributed by atoms with van der Waals surface area (Å²) >= 11 is 0. The van der Waals surface area contributed by atoms with E-state index in [9.17, 15) is 4.79 Å². The van der Waals surface area contributed by atoms with Crippen molar-refractivity contribution in [1.82, 2.24) is 9.97 Å². The SMILES string of the molecule is NC(=O)Oc1nccc(C=NCC2CCCC2)n1. The van der Waals surface area contributed by atoms with Crippen LogP contribution < -0.4 is 10.5 Å². The minimum Gasteiger partial charge on any atom is -0.374 e. The molecule has 1 aliphatic rings. The van der Waals surface area contributed by atoms with E-state index in [1.165, 1.54) is 31.9 Å². The minimum atomic E-state index is -0.921. The average Bonchev–Trinajstić information content (AvgIpc) is 2.82. The Bertz CT molecular complexity index is 441. The van der Waals surface area contributed by atoms with Gasteiger partial charge >= 0.3 is 12.1 Å². The third-order valence-corrected chi connectivity index (χ3v) is 2.91. The van der Waals surface area contributed by atoms with E-state index in [2.05, 4.69) is 19.7 Å². The minimum absolute atomic E-state index is 0.0488. The number of carbonyl (C=O) groups excluding carboxylic acids is 1. The molecule has 1 amide bonds. The summed E-state index contributed by atoms with van der Waals surface area (Å²) in [7, 11) is 0. The first kappa shape index (κ1) is 12.5. The molecule has 18 heavy (non-hydrogen) atoms. The van der Waals surface area contributed by atoms with Crippen molar-refractivity contribution in [3.05, 3.63) is 18.0 Å². The second-order valence-electron chi connectivity index (χ2n) is 4.33. The molecule has 2 rings (SSSR count). The number of ether oxygens (including phenoxy) is 1. The van der Waals surface area contributed by atoms with Crippen molar-refractivity contribution >= 4 is 12.3 Å². The number of hydrogen-bond acceptors (Lipinski definition) is 5. The highest BCUT2D eigenvalue weighted by Gasteiger charge is 2.13. The fourth-order valence-electron chi connectivity index (χ4n) is 2.05. The lowest BCUT2D eigenvalue weighted by atomic mass is 10.1. The van der Waals surface area contributed by atoms with Gasteiger partial charge in [0, 0.05) is 19.0 Å². The molecule has 0 radical (unpaired) electrons. The summed E-state index contributed by atoms with van der Waals surface area (Å²) in [4.78, 5) is 22.7. The van der Waals surface area contributed by atoms with Crippen molar-refractivity contribution in [2.45, 2.75) is 25.7 Å². The molecule has 0 aromatic carbocycles. The second kappa shape index (κ2) is 6.09. The standard InChI is InChI=1S/C12H16N4O2/c13-11(17)18-12-15-6-5-10(16-12)8-14-7-9-3-1-2-4-9/h5-6,8-9H,1-4,7H2,(H2,13,17). The van der Waals surface area contributed by atoms with E-state index in [0.717, 1.165) is 6.54 Å². The number of amides is 1. The summed E-state index contributed by atoms with van der Waals surface area (Å²) in [6.45, 7) is 0.829. The smallest absolute Gasteiger partial charge is 0.374 e. The third kappa shape index (κ3) is 3.80. The number of carbonyl (C=O) groups is 1. The Morgan fingerprint density at radius 1 is 1.56 bits per heavy atom. The number of aliphatic imine (C=N–C) groups is 1. The van der Waals surface area contributed by atoms with Gasteiger partial charge in [0.15, 0.2) is 0 Å². The normalized spacial score (nSPS) is 16.2. The molecule has 1 saturated carbocycles. The number of aromatic nitrogens is 2. The molecule has 0 saturated heterocycles. The fourth-order valence-corrected chi connectivity index (χ4v) is 2.05. The van der Waals surface area contributed by atoms with Crippen LogP contribution in [0.4, 0.5) is 4.79 Å². The molecule has 96 valence electrons. The topological polar surface area (TPSA) is 90.5 Å². The molecular formula is C12H16N4O2. The zero-order valence-corrected chi connectivity index (χ0v) is 10.1. The molecule has 0 unspecified atom stereocenters. The largest absolute Gasteiger partial charge is 0.412 e. The van der Waals surface area contributed by atoms with Gasteiger partial charge in [0.05, 0.1) is 5.69 Å². The predicted octanol–water partition coefficient (Wildman–Crippen LogP) is 1.54. The Labute approximate surface area is 105 Å². The highest BCUT2D eigenvalue weighted by molar-refractivity contribution is 5.77. The van der Waals surface area contributed by atoms with Gasteiger partial charge in [0.2, 0.25) is 0 Å². The van der Waals surface area contributed by atoms with Crippen LogP contribution in [-0.2, 0) is 0 Å². The lowest BCUT2D eigenvalue weighted by molar-refractivity contribution is 0.207. The maximum Gasteiger partial charge on any atom is 0.412 e. The van der Waals surface area contributed by atoms with Gasteiger partial charge in [-0.15, -0.1) is 0 Å².